The van der Waals surface area contributed by atoms with Gasteiger partial charge in [0.2, 0.25) is 5.91 Å². The number of carbonyl (C=O) groups is 3. The summed E-state index contributed by atoms with van der Waals surface area (Å²) in [5, 5.41) is 1.98. The number of halogens is 3. The van der Waals surface area contributed by atoms with E-state index >= 15 is 0 Å². The van der Waals surface area contributed by atoms with Gasteiger partial charge in [0.15, 0.2) is 0 Å². The molecule has 3 aliphatic rings. The highest BCUT2D eigenvalue weighted by Gasteiger charge is 2.50. The van der Waals surface area contributed by atoms with Gasteiger partial charge in [0.25, 0.3) is 11.8 Å². The molecule has 4 rings (SSSR count). The molecule has 0 bridgehead atoms. The Hall–Kier alpha value is -2.94. The van der Waals surface area contributed by atoms with Crippen molar-refractivity contribution >= 4 is 17.7 Å². The van der Waals surface area contributed by atoms with Gasteiger partial charge in [0.1, 0.15) is 12.1 Å². The number of hydrogen-bond donors (Lipinski definition) is 0. The van der Waals surface area contributed by atoms with Crippen LogP contribution in [0.2, 0.25) is 0 Å². The molecule has 2 heterocycles. The summed E-state index contributed by atoms with van der Waals surface area (Å²) in [5.74, 6) is -1.61. The predicted octanol–water partition coefficient (Wildman–Crippen LogP) is 3.02. The lowest BCUT2D eigenvalue weighted by Crippen LogP contribution is -2.62. The number of benzene rings is 1. The summed E-state index contributed by atoms with van der Waals surface area (Å²) in [6.45, 7) is -1.40. The minimum absolute atomic E-state index is 0.158. The number of alkyl halides is 3. The zero-order valence-corrected chi connectivity index (χ0v) is 15.2. The van der Waals surface area contributed by atoms with E-state index in [9.17, 15) is 27.6 Å². The van der Waals surface area contributed by atoms with Gasteiger partial charge in [-0.15, -0.1) is 0 Å². The molecule has 1 spiro atoms. The number of hydrogen-bond acceptors (Lipinski definition) is 4. The molecule has 1 aromatic rings. The van der Waals surface area contributed by atoms with Crippen LogP contribution in [0.5, 0.6) is 0 Å². The molecule has 0 radical (unpaired) electrons. The second-order valence-corrected chi connectivity index (χ2v) is 7.13. The van der Waals surface area contributed by atoms with Crippen molar-refractivity contribution in [3.05, 3.63) is 59.7 Å². The molecule has 1 saturated heterocycles. The third-order valence-electron chi connectivity index (χ3n) is 5.16. The summed E-state index contributed by atoms with van der Waals surface area (Å²) in [4.78, 5) is 38.5. The van der Waals surface area contributed by atoms with E-state index in [4.69, 9.17) is 4.74 Å². The Morgan fingerprint density at radius 1 is 1.03 bits per heavy atom. The van der Waals surface area contributed by atoms with E-state index in [0.29, 0.717) is 12.8 Å². The highest BCUT2D eigenvalue weighted by Crippen LogP contribution is 2.38. The fourth-order valence-electron chi connectivity index (χ4n) is 3.87. The minimum Gasteiger partial charge on any atom is -0.361 e. The van der Waals surface area contributed by atoms with Gasteiger partial charge in [-0.25, -0.2) is 5.01 Å². The second-order valence-electron chi connectivity index (χ2n) is 7.13. The molecule has 0 aromatic heterocycles. The summed E-state index contributed by atoms with van der Waals surface area (Å²) < 4.78 is 42.0. The third-order valence-corrected chi connectivity index (χ3v) is 5.16. The van der Waals surface area contributed by atoms with Crippen molar-refractivity contribution in [2.45, 2.75) is 37.1 Å². The number of fused-ring (bicyclic) bond motifs is 1. The summed E-state index contributed by atoms with van der Waals surface area (Å²) in [6.07, 6.45) is 1.62. The van der Waals surface area contributed by atoms with Crippen molar-refractivity contribution in [3.8, 4) is 0 Å². The number of hydrazine groups is 1. The number of piperidine rings is 1. The Labute approximate surface area is 164 Å². The monoisotopic (exact) mass is 406 g/mol. The predicted molar refractivity (Wildman–Crippen MR) is 94.4 cm³/mol. The van der Waals surface area contributed by atoms with Crippen molar-refractivity contribution in [2.24, 2.45) is 0 Å². The average Bonchev–Trinajstić information content (AvgIpc) is 2.92. The van der Waals surface area contributed by atoms with E-state index in [-0.39, 0.29) is 17.5 Å². The summed E-state index contributed by atoms with van der Waals surface area (Å²) in [6, 6.07) is 6.29. The van der Waals surface area contributed by atoms with Crippen LogP contribution in [0.4, 0.5) is 13.2 Å². The first-order valence-corrected chi connectivity index (χ1v) is 9.10. The molecule has 1 aromatic carbocycles. The van der Waals surface area contributed by atoms with Gasteiger partial charge in [-0.2, -0.15) is 18.2 Å². The van der Waals surface area contributed by atoms with Gasteiger partial charge in [0, 0.05) is 6.42 Å². The molecule has 0 N–H and O–H groups in total. The molecular formula is C20H17F3N2O4. The Kier molecular flexibility index (Phi) is 4.57. The fraction of sp³-hybridized carbons (Fsp3) is 0.350. The van der Waals surface area contributed by atoms with Crippen LogP contribution in [0.15, 0.2) is 48.6 Å². The van der Waals surface area contributed by atoms with Crippen LogP contribution in [0.1, 0.15) is 40.0 Å². The lowest BCUT2D eigenvalue weighted by atomic mass is 9.83. The second kappa shape index (κ2) is 6.84. The molecule has 3 amide bonds. The lowest BCUT2D eigenvalue weighted by Gasteiger charge is -2.47. The molecule has 2 aliphatic heterocycles. The van der Waals surface area contributed by atoms with Crippen LogP contribution in [-0.2, 0) is 9.53 Å². The average molecular weight is 406 g/mol. The van der Waals surface area contributed by atoms with Crippen LogP contribution in [0.25, 0.3) is 0 Å². The van der Waals surface area contributed by atoms with E-state index in [0.717, 1.165) is 10.0 Å². The van der Waals surface area contributed by atoms with E-state index in [1.807, 2.05) is 0 Å². The lowest BCUT2D eigenvalue weighted by molar-refractivity contribution is -0.177. The number of ether oxygens (including phenoxy) is 1. The van der Waals surface area contributed by atoms with Gasteiger partial charge in [-0.1, -0.05) is 36.4 Å². The van der Waals surface area contributed by atoms with E-state index < -0.39 is 42.1 Å². The Bertz CT molecular complexity index is 889. The first-order chi connectivity index (χ1) is 13.7. The summed E-state index contributed by atoms with van der Waals surface area (Å²) >= 11 is 0. The molecule has 29 heavy (non-hydrogen) atoms. The Morgan fingerprint density at radius 2 is 1.62 bits per heavy atom. The third kappa shape index (κ3) is 3.35. The van der Waals surface area contributed by atoms with Gasteiger partial charge in [-0.05, 0) is 25.0 Å². The van der Waals surface area contributed by atoms with Crippen molar-refractivity contribution in [2.75, 3.05) is 6.61 Å². The fourth-order valence-corrected chi connectivity index (χ4v) is 3.87. The minimum atomic E-state index is -4.45. The van der Waals surface area contributed by atoms with Gasteiger partial charge in [0.05, 0.1) is 17.2 Å². The van der Waals surface area contributed by atoms with E-state index in [2.05, 4.69) is 0 Å². The first-order valence-electron chi connectivity index (χ1n) is 9.10. The van der Waals surface area contributed by atoms with E-state index in [1.165, 1.54) is 36.4 Å². The van der Waals surface area contributed by atoms with Gasteiger partial charge < -0.3 is 4.74 Å². The van der Waals surface area contributed by atoms with Crippen molar-refractivity contribution < 1.29 is 32.3 Å². The molecular weight excluding hydrogens is 389 g/mol. The molecule has 6 nitrogen and oxygen atoms in total. The van der Waals surface area contributed by atoms with Crippen LogP contribution in [-0.4, -0.2) is 52.2 Å². The maximum absolute atomic E-state index is 12.9. The largest absolute Gasteiger partial charge is 0.411 e. The highest BCUT2D eigenvalue weighted by molar-refractivity contribution is 6.21. The molecule has 0 saturated carbocycles. The topological polar surface area (TPSA) is 66.9 Å². The number of rotatable bonds is 3. The maximum Gasteiger partial charge on any atom is 0.411 e. The molecule has 0 unspecified atom stereocenters. The molecule has 152 valence electrons. The first kappa shape index (κ1) is 19.4. The molecule has 9 heteroatoms. The van der Waals surface area contributed by atoms with Crippen LogP contribution in [0, 0.1) is 0 Å². The van der Waals surface area contributed by atoms with Gasteiger partial charge >= 0.3 is 6.18 Å². The zero-order valence-electron chi connectivity index (χ0n) is 15.2. The Morgan fingerprint density at radius 3 is 2.17 bits per heavy atom. The van der Waals surface area contributed by atoms with Crippen LogP contribution in [0.3, 0.4) is 0 Å². The highest BCUT2D eigenvalue weighted by atomic mass is 19.4. The van der Waals surface area contributed by atoms with Gasteiger partial charge in [-0.3, -0.25) is 14.4 Å². The van der Waals surface area contributed by atoms with Crippen molar-refractivity contribution in [1.82, 2.24) is 10.0 Å². The number of amides is 3. The summed E-state index contributed by atoms with van der Waals surface area (Å²) in [5.41, 5.74) is -0.691. The number of imide groups is 1. The normalized spacial score (nSPS) is 26.6. The standard InChI is InChI=1S/C20H17F3N2O4/c21-20(22,23)12-29-13-7-10-19(11-8-13)9-3-6-16(26)25(19)24-17(27)14-4-1-2-5-15(14)18(24)28/h1-2,4-5,7-8,10-11,13H,3,6,9,12H2. The number of carbonyl (C=O) groups excluding carboxylic acids is 3. The van der Waals surface area contributed by atoms with Crippen LogP contribution >= 0.6 is 0 Å². The molecule has 1 fully saturated rings. The zero-order chi connectivity index (χ0) is 20.8. The van der Waals surface area contributed by atoms with Crippen LogP contribution < -0.4 is 0 Å². The van der Waals surface area contributed by atoms with E-state index in [1.54, 1.807) is 12.1 Å². The smallest absolute Gasteiger partial charge is 0.361 e. The summed E-state index contributed by atoms with van der Waals surface area (Å²) in [7, 11) is 0. The maximum atomic E-state index is 12.9. The number of nitrogens with zero attached hydrogens (tertiary/aromatic N) is 2. The van der Waals surface area contributed by atoms with Crippen molar-refractivity contribution in [3.63, 3.8) is 0 Å². The molecule has 0 atom stereocenters. The Balaban J connectivity index is 1.63. The molecule has 1 aliphatic carbocycles. The quantitative estimate of drug-likeness (QED) is 0.572. The SMILES string of the molecule is O=C1c2ccccc2C(=O)N1N1C(=O)CCCC12C=CC(OCC(F)(F)F)C=C2. The van der Waals surface area contributed by atoms with Crippen molar-refractivity contribution in [1.29, 1.82) is 0 Å².